The maximum Gasteiger partial charge on any atom is 0.320 e. The highest BCUT2D eigenvalue weighted by Gasteiger charge is 2.20. The minimum Gasteiger partial charge on any atom is -0.480 e. The van der Waals surface area contributed by atoms with Gasteiger partial charge in [-0.05, 0) is 13.5 Å². The molecule has 0 aromatic rings. The highest BCUT2D eigenvalue weighted by Crippen LogP contribution is 2.09. The summed E-state index contributed by atoms with van der Waals surface area (Å²) in [6.07, 6.45) is 0.540. The van der Waals surface area contributed by atoms with E-state index in [0.717, 1.165) is 0 Å². The van der Waals surface area contributed by atoms with E-state index >= 15 is 0 Å². The number of hydrogen-bond acceptors (Lipinski definition) is 2. The van der Waals surface area contributed by atoms with Gasteiger partial charge in [-0.25, -0.2) is 0 Å². The van der Waals surface area contributed by atoms with Crippen molar-refractivity contribution in [1.82, 2.24) is 4.90 Å². The second-order valence-electron chi connectivity index (χ2n) is 2.73. The maximum absolute atomic E-state index is 10.7. The number of halogens is 2. The van der Waals surface area contributed by atoms with Crippen molar-refractivity contribution in [3.8, 4) is 0 Å². The predicted molar refractivity (Wildman–Crippen MR) is 54.1 cm³/mol. The van der Waals surface area contributed by atoms with Crippen molar-refractivity contribution in [3.63, 3.8) is 0 Å². The van der Waals surface area contributed by atoms with E-state index in [0.29, 0.717) is 18.0 Å². The Balaban J connectivity index is 4.21. The van der Waals surface area contributed by atoms with Crippen LogP contribution in [0.25, 0.3) is 0 Å². The van der Waals surface area contributed by atoms with E-state index in [4.69, 9.17) is 28.3 Å². The molecule has 0 saturated heterocycles. The normalized spacial score (nSPS) is 14.7. The van der Waals surface area contributed by atoms with Crippen LogP contribution in [0.4, 0.5) is 0 Å². The van der Waals surface area contributed by atoms with Gasteiger partial charge in [-0.15, -0.1) is 0 Å². The molecule has 76 valence electrons. The average molecular weight is 226 g/mol. The highest BCUT2D eigenvalue weighted by molar-refractivity contribution is 6.36. The first kappa shape index (κ1) is 12.8. The molecule has 1 atom stereocenters. The lowest BCUT2D eigenvalue weighted by molar-refractivity contribution is -0.142. The van der Waals surface area contributed by atoms with Crippen LogP contribution in [0.2, 0.25) is 0 Å². The average Bonchev–Trinajstić information content (AvgIpc) is 2.04. The van der Waals surface area contributed by atoms with Gasteiger partial charge in [0, 0.05) is 17.1 Å². The molecule has 3 nitrogen and oxygen atoms in total. The smallest absolute Gasteiger partial charge is 0.320 e. The topological polar surface area (TPSA) is 40.5 Å². The van der Waals surface area contributed by atoms with E-state index in [-0.39, 0.29) is 0 Å². The molecule has 5 heteroatoms. The summed E-state index contributed by atoms with van der Waals surface area (Å²) in [6.45, 7) is 2.17. The highest BCUT2D eigenvalue weighted by atomic mass is 35.5. The molecule has 13 heavy (non-hydrogen) atoms. The van der Waals surface area contributed by atoms with Crippen LogP contribution >= 0.6 is 23.2 Å². The van der Waals surface area contributed by atoms with Gasteiger partial charge in [0.25, 0.3) is 0 Å². The van der Waals surface area contributed by atoms with Crippen LogP contribution < -0.4 is 0 Å². The monoisotopic (exact) mass is 225 g/mol. The molecular formula is C8H13Cl2NO2. The van der Waals surface area contributed by atoms with Gasteiger partial charge < -0.3 is 5.11 Å². The molecule has 0 fully saturated rings. The molecule has 0 aliphatic carbocycles. The third-order valence-electron chi connectivity index (χ3n) is 1.72. The summed E-state index contributed by atoms with van der Waals surface area (Å²) >= 11 is 11.0. The van der Waals surface area contributed by atoms with Crippen molar-refractivity contribution in [2.45, 2.75) is 19.4 Å². The van der Waals surface area contributed by atoms with E-state index in [1.54, 1.807) is 11.9 Å². The van der Waals surface area contributed by atoms with Crippen LogP contribution in [-0.2, 0) is 4.79 Å². The third kappa shape index (κ3) is 4.50. The molecule has 0 bridgehead atoms. The zero-order chi connectivity index (χ0) is 10.4. The van der Waals surface area contributed by atoms with Crippen LogP contribution in [-0.4, -0.2) is 35.6 Å². The van der Waals surface area contributed by atoms with Crippen molar-refractivity contribution < 1.29 is 9.90 Å². The molecule has 0 radical (unpaired) electrons. The minimum absolute atomic E-state index is 0.357. The van der Waals surface area contributed by atoms with Crippen LogP contribution in [0.15, 0.2) is 10.6 Å². The quantitative estimate of drug-likeness (QED) is 0.780. The van der Waals surface area contributed by atoms with Crippen molar-refractivity contribution in [3.05, 3.63) is 10.6 Å². The zero-order valence-corrected chi connectivity index (χ0v) is 9.14. The molecule has 1 unspecified atom stereocenters. The van der Waals surface area contributed by atoms with Gasteiger partial charge >= 0.3 is 5.97 Å². The Hall–Kier alpha value is -0.250. The predicted octanol–water partition coefficient (Wildman–Crippen LogP) is 2.10. The third-order valence-corrected chi connectivity index (χ3v) is 2.33. The first-order valence-corrected chi connectivity index (χ1v) is 4.72. The summed E-state index contributed by atoms with van der Waals surface area (Å²) in [5, 5.41) is 9.23. The summed E-state index contributed by atoms with van der Waals surface area (Å²) in [5.74, 6) is -0.843. The molecule has 1 N–H and O–H groups in total. The lowest BCUT2D eigenvalue weighted by Gasteiger charge is -2.22. The number of likely N-dealkylation sites (N-methyl/N-ethyl adjacent to an activating group) is 1. The number of hydrogen-bond donors (Lipinski definition) is 1. The molecule has 0 rings (SSSR count). The van der Waals surface area contributed by atoms with E-state index in [9.17, 15) is 4.79 Å². The Kier molecular flexibility index (Phi) is 6.12. The Morgan fingerprint density at radius 2 is 2.23 bits per heavy atom. The number of rotatable bonds is 5. The van der Waals surface area contributed by atoms with Gasteiger partial charge in [0.1, 0.15) is 6.04 Å². The van der Waals surface area contributed by atoms with Crippen LogP contribution in [0.3, 0.4) is 0 Å². The Labute approximate surface area is 87.9 Å². The summed E-state index contributed by atoms with van der Waals surface area (Å²) in [5.41, 5.74) is 1.24. The molecule has 0 saturated carbocycles. The molecule has 0 aliphatic heterocycles. The molecule has 0 aromatic heterocycles. The number of nitrogens with zero attached hydrogens (tertiary/aromatic N) is 1. The van der Waals surface area contributed by atoms with Gasteiger partial charge in [-0.1, -0.05) is 30.1 Å². The molecule has 0 aliphatic rings. The summed E-state index contributed by atoms with van der Waals surface area (Å²) in [7, 11) is 1.70. The molecular weight excluding hydrogens is 213 g/mol. The lowest BCUT2D eigenvalue weighted by atomic mass is 10.2. The summed E-state index contributed by atoms with van der Waals surface area (Å²) in [4.78, 5) is 12.3. The summed E-state index contributed by atoms with van der Waals surface area (Å²) < 4.78 is 0. The number of carboxylic acids is 1. The Bertz CT molecular complexity index is 206. The second kappa shape index (κ2) is 6.24. The zero-order valence-electron chi connectivity index (χ0n) is 7.63. The summed E-state index contributed by atoms with van der Waals surface area (Å²) in [6, 6.07) is -0.509. The number of carboxylic acid groups (broad SMARTS) is 1. The van der Waals surface area contributed by atoms with Gasteiger partial charge in [0.15, 0.2) is 0 Å². The first-order valence-electron chi connectivity index (χ1n) is 3.90. The standard InChI is InChI=1S/C8H13Cl2NO2/c1-3-7(8(12)13)11(2)5-6(10)4-9/h4,7H,3,5H2,1-2H3,(H,12,13). The maximum atomic E-state index is 10.7. The second-order valence-corrected chi connectivity index (χ2v) is 3.44. The largest absolute Gasteiger partial charge is 0.480 e. The molecule has 0 heterocycles. The van der Waals surface area contributed by atoms with E-state index in [1.807, 2.05) is 6.92 Å². The van der Waals surface area contributed by atoms with Gasteiger partial charge in [-0.3, -0.25) is 9.69 Å². The minimum atomic E-state index is -0.843. The molecule has 0 aromatic carbocycles. The number of aliphatic carboxylic acids is 1. The van der Waals surface area contributed by atoms with Gasteiger partial charge in [-0.2, -0.15) is 0 Å². The fraction of sp³-hybridized carbons (Fsp3) is 0.625. The fourth-order valence-electron chi connectivity index (χ4n) is 1.06. The van der Waals surface area contributed by atoms with Crippen LogP contribution in [0.1, 0.15) is 13.3 Å². The SMILES string of the molecule is CCC(C(=O)O)N(C)CC(Cl)=CCl. The Morgan fingerprint density at radius 1 is 1.69 bits per heavy atom. The van der Waals surface area contributed by atoms with E-state index in [1.165, 1.54) is 5.54 Å². The van der Waals surface area contributed by atoms with Crippen LogP contribution in [0, 0.1) is 0 Å². The van der Waals surface area contributed by atoms with Crippen molar-refractivity contribution >= 4 is 29.2 Å². The molecule has 0 amide bonds. The van der Waals surface area contributed by atoms with E-state index < -0.39 is 12.0 Å². The fourth-order valence-corrected chi connectivity index (χ4v) is 1.32. The van der Waals surface area contributed by atoms with Crippen LogP contribution in [0.5, 0.6) is 0 Å². The Morgan fingerprint density at radius 3 is 2.54 bits per heavy atom. The molecule has 0 spiro atoms. The van der Waals surface area contributed by atoms with Gasteiger partial charge in [0.2, 0.25) is 0 Å². The van der Waals surface area contributed by atoms with Crippen molar-refractivity contribution in [1.29, 1.82) is 0 Å². The van der Waals surface area contributed by atoms with E-state index in [2.05, 4.69) is 0 Å². The van der Waals surface area contributed by atoms with Gasteiger partial charge in [0.05, 0.1) is 0 Å². The van der Waals surface area contributed by atoms with Crippen molar-refractivity contribution in [2.75, 3.05) is 13.6 Å². The van der Waals surface area contributed by atoms with Crippen molar-refractivity contribution in [2.24, 2.45) is 0 Å². The lowest BCUT2D eigenvalue weighted by Crippen LogP contribution is -2.38. The number of carbonyl (C=O) groups is 1. The first-order chi connectivity index (χ1) is 6.02.